The van der Waals surface area contributed by atoms with Crippen molar-refractivity contribution in [1.29, 1.82) is 0 Å². The van der Waals surface area contributed by atoms with Crippen LogP contribution >= 0.6 is 11.6 Å². The normalized spacial score (nSPS) is 12.3. The van der Waals surface area contributed by atoms with Gasteiger partial charge in [0.05, 0.1) is 12.1 Å². The largest absolute Gasteiger partial charge is 0.495 e. The molecule has 0 spiro atoms. The van der Waals surface area contributed by atoms with E-state index < -0.39 is 0 Å². The summed E-state index contributed by atoms with van der Waals surface area (Å²) in [6, 6.07) is 5.67. The Labute approximate surface area is 89.2 Å². The zero-order valence-electron chi connectivity index (χ0n) is 8.38. The van der Waals surface area contributed by atoms with E-state index in [1.807, 2.05) is 19.1 Å². The maximum absolute atomic E-state index is 5.88. The molecule has 0 aliphatic heterocycles. The minimum absolute atomic E-state index is 0.122. The van der Waals surface area contributed by atoms with Gasteiger partial charge in [-0.05, 0) is 19.1 Å². The third kappa shape index (κ3) is 3.09. The van der Waals surface area contributed by atoms with Crippen LogP contribution in [0.15, 0.2) is 18.2 Å². The molecule has 1 aromatic carbocycles. The van der Waals surface area contributed by atoms with Gasteiger partial charge < -0.3 is 15.8 Å². The number of hydrogen-bond donors (Lipinski definition) is 2. The first-order chi connectivity index (χ1) is 6.63. The van der Waals surface area contributed by atoms with Crippen molar-refractivity contribution in [3.05, 3.63) is 23.2 Å². The molecule has 0 radical (unpaired) electrons. The Morgan fingerprint density at radius 2 is 2.29 bits per heavy atom. The van der Waals surface area contributed by atoms with Crippen LogP contribution in [0, 0.1) is 0 Å². The highest BCUT2D eigenvalue weighted by Gasteiger charge is 2.01. The number of halogens is 1. The number of benzene rings is 1. The van der Waals surface area contributed by atoms with Gasteiger partial charge in [0.2, 0.25) is 0 Å². The molecule has 0 amide bonds. The number of nitrogens with two attached hydrogens (primary N) is 1. The van der Waals surface area contributed by atoms with E-state index in [4.69, 9.17) is 22.1 Å². The Kier molecular flexibility index (Phi) is 4.04. The van der Waals surface area contributed by atoms with Crippen LogP contribution in [0.1, 0.15) is 6.92 Å². The van der Waals surface area contributed by atoms with Crippen molar-refractivity contribution in [3.8, 4) is 5.75 Å². The first-order valence-electron chi connectivity index (χ1n) is 4.46. The molecule has 78 valence electrons. The van der Waals surface area contributed by atoms with Crippen LogP contribution in [0.25, 0.3) is 0 Å². The fourth-order valence-corrected chi connectivity index (χ4v) is 1.24. The Bertz CT molecular complexity index is 302. The average Bonchev–Trinajstić information content (AvgIpc) is 2.16. The molecular weight excluding hydrogens is 200 g/mol. The third-order valence-corrected chi connectivity index (χ3v) is 2.09. The summed E-state index contributed by atoms with van der Waals surface area (Å²) >= 11 is 5.88. The van der Waals surface area contributed by atoms with E-state index in [9.17, 15) is 0 Å². The first kappa shape index (κ1) is 11.1. The van der Waals surface area contributed by atoms with E-state index in [2.05, 4.69) is 5.32 Å². The second-order valence-corrected chi connectivity index (χ2v) is 3.61. The molecule has 0 bridgehead atoms. The highest BCUT2D eigenvalue weighted by molar-refractivity contribution is 6.32. The maximum atomic E-state index is 5.88. The summed E-state index contributed by atoms with van der Waals surface area (Å²) in [7, 11) is 1.59. The summed E-state index contributed by atoms with van der Waals surface area (Å²) in [6.07, 6.45) is 0. The van der Waals surface area contributed by atoms with Gasteiger partial charge in [-0.2, -0.15) is 0 Å². The third-order valence-electron chi connectivity index (χ3n) is 1.78. The van der Waals surface area contributed by atoms with Gasteiger partial charge in [0.15, 0.2) is 0 Å². The molecule has 3 N–H and O–H groups in total. The second kappa shape index (κ2) is 5.08. The van der Waals surface area contributed by atoms with E-state index in [0.29, 0.717) is 10.8 Å². The molecule has 0 heterocycles. The lowest BCUT2D eigenvalue weighted by atomic mass is 10.3. The molecule has 0 aromatic heterocycles. The summed E-state index contributed by atoms with van der Waals surface area (Å²) in [6.45, 7) is 2.67. The van der Waals surface area contributed by atoms with Crippen molar-refractivity contribution in [2.24, 2.45) is 5.73 Å². The fraction of sp³-hybridized carbons (Fsp3) is 0.400. The van der Waals surface area contributed by atoms with Crippen LogP contribution in [0.2, 0.25) is 5.02 Å². The fourth-order valence-electron chi connectivity index (χ4n) is 1.05. The van der Waals surface area contributed by atoms with Gasteiger partial charge in [-0.15, -0.1) is 0 Å². The minimum atomic E-state index is 0.122. The lowest BCUT2D eigenvalue weighted by molar-refractivity contribution is 0.415. The number of nitrogens with one attached hydrogen (secondary N) is 1. The number of methoxy groups -OCH3 is 1. The van der Waals surface area contributed by atoms with Gasteiger partial charge in [-0.3, -0.25) is 0 Å². The van der Waals surface area contributed by atoms with Crippen LogP contribution in [0.3, 0.4) is 0 Å². The lowest BCUT2D eigenvalue weighted by Gasteiger charge is -2.10. The topological polar surface area (TPSA) is 47.3 Å². The predicted molar refractivity (Wildman–Crippen MR) is 60.1 cm³/mol. The van der Waals surface area contributed by atoms with Crippen molar-refractivity contribution in [3.63, 3.8) is 0 Å². The Balaban J connectivity index is 2.69. The Hall–Kier alpha value is -0.930. The molecule has 1 rings (SSSR count). The maximum Gasteiger partial charge on any atom is 0.139 e. The second-order valence-electron chi connectivity index (χ2n) is 3.21. The number of anilines is 1. The smallest absolute Gasteiger partial charge is 0.139 e. The van der Waals surface area contributed by atoms with E-state index in [1.165, 1.54) is 0 Å². The van der Waals surface area contributed by atoms with E-state index in [0.717, 1.165) is 12.2 Å². The summed E-state index contributed by atoms with van der Waals surface area (Å²) < 4.78 is 5.09. The molecule has 4 heteroatoms. The molecule has 0 saturated heterocycles. The highest BCUT2D eigenvalue weighted by Crippen LogP contribution is 2.27. The zero-order chi connectivity index (χ0) is 10.6. The van der Waals surface area contributed by atoms with E-state index >= 15 is 0 Å². The molecule has 0 unspecified atom stereocenters. The zero-order valence-corrected chi connectivity index (χ0v) is 9.14. The summed E-state index contributed by atoms with van der Waals surface area (Å²) in [5.41, 5.74) is 6.58. The summed E-state index contributed by atoms with van der Waals surface area (Å²) in [5, 5.41) is 3.79. The quantitative estimate of drug-likeness (QED) is 0.807. The van der Waals surface area contributed by atoms with Crippen LogP contribution in [0.4, 0.5) is 5.69 Å². The molecular formula is C10H15ClN2O. The summed E-state index contributed by atoms with van der Waals surface area (Å²) in [4.78, 5) is 0. The number of rotatable bonds is 4. The van der Waals surface area contributed by atoms with Crippen molar-refractivity contribution in [1.82, 2.24) is 0 Å². The van der Waals surface area contributed by atoms with E-state index in [1.54, 1.807) is 13.2 Å². The Morgan fingerprint density at radius 1 is 1.57 bits per heavy atom. The van der Waals surface area contributed by atoms with E-state index in [-0.39, 0.29) is 6.04 Å². The highest BCUT2D eigenvalue weighted by atomic mass is 35.5. The van der Waals surface area contributed by atoms with Crippen LogP contribution in [-0.2, 0) is 0 Å². The van der Waals surface area contributed by atoms with Gasteiger partial charge in [0.25, 0.3) is 0 Å². The first-order valence-corrected chi connectivity index (χ1v) is 4.84. The monoisotopic (exact) mass is 214 g/mol. The number of ether oxygens (including phenoxy) is 1. The van der Waals surface area contributed by atoms with Crippen molar-refractivity contribution in [2.75, 3.05) is 19.0 Å². The average molecular weight is 215 g/mol. The lowest BCUT2D eigenvalue weighted by Crippen LogP contribution is -2.25. The Morgan fingerprint density at radius 3 is 2.86 bits per heavy atom. The van der Waals surface area contributed by atoms with Crippen molar-refractivity contribution < 1.29 is 4.74 Å². The molecule has 0 saturated carbocycles. The predicted octanol–water partition coefficient (Wildman–Crippen LogP) is 2.11. The van der Waals surface area contributed by atoms with Crippen LogP contribution < -0.4 is 15.8 Å². The molecule has 1 aromatic rings. The van der Waals surface area contributed by atoms with Gasteiger partial charge in [0.1, 0.15) is 5.75 Å². The molecule has 14 heavy (non-hydrogen) atoms. The van der Waals surface area contributed by atoms with Crippen LogP contribution in [0.5, 0.6) is 5.75 Å². The standard InChI is InChI=1S/C10H15ClN2O/c1-7(12)6-13-8-3-4-9(11)10(5-8)14-2/h3-5,7,13H,6,12H2,1-2H3/t7-/m0/s1. The SMILES string of the molecule is COc1cc(NC[C@H](C)N)ccc1Cl. The summed E-state index contributed by atoms with van der Waals surface area (Å²) in [5.74, 6) is 0.668. The molecule has 0 aliphatic rings. The van der Waals surface area contributed by atoms with Crippen molar-refractivity contribution >= 4 is 17.3 Å². The van der Waals surface area contributed by atoms with Gasteiger partial charge in [-0.1, -0.05) is 11.6 Å². The molecule has 0 aliphatic carbocycles. The van der Waals surface area contributed by atoms with Gasteiger partial charge in [-0.25, -0.2) is 0 Å². The number of hydrogen-bond acceptors (Lipinski definition) is 3. The molecule has 1 atom stereocenters. The van der Waals surface area contributed by atoms with Crippen molar-refractivity contribution in [2.45, 2.75) is 13.0 Å². The van der Waals surface area contributed by atoms with Crippen LogP contribution in [-0.4, -0.2) is 19.7 Å². The molecule has 0 fully saturated rings. The van der Waals surface area contributed by atoms with Gasteiger partial charge in [0, 0.05) is 24.3 Å². The minimum Gasteiger partial charge on any atom is -0.495 e. The molecule has 3 nitrogen and oxygen atoms in total. The van der Waals surface area contributed by atoms with Gasteiger partial charge >= 0.3 is 0 Å².